The van der Waals surface area contributed by atoms with Crippen molar-refractivity contribution < 1.29 is 18.0 Å². The molecule has 0 unspecified atom stereocenters. The first-order valence-corrected chi connectivity index (χ1v) is 9.11. The van der Waals surface area contributed by atoms with Gasteiger partial charge in [-0.3, -0.25) is 4.79 Å². The van der Waals surface area contributed by atoms with E-state index in [0.29, 0.717) is 12.2 Å². The third-order valence-corrected chi connectivity index (χ3v) is 5.26. The van der Waals surface area contributed by atoms with Crippen molar-refractivity contribution in [3.63, 3.8) is 0 Å². The molecule has 1 aliphatic carbocycles. The molecule has 1 aromatic carbocycles. The summed E-state index contributed by atoms with van der Waals surface area (Å²) in [5.41, 5.74) is 0.565. The quantitative estimate of drug-likeness (QED) is 0.859. The Bertz CT molecular complexity index is 829. The van der Waals surface area contributed by atoms with Crippen LogP contribution in [0.4, 0.5) is 24.7 Å². The lowest BCUT2D eigenvalue weighted by Crippen LogP contribution is -2.19. The first-order valence-electron chi connectivity index (χ1n) is 9.11. The number of carbonyl (C=O) groups is 1. The molecule has 1 saturated carbocycles. The van der Waals surface area contributed by atoms with Gasteiger partial charge in [-0.1, -0.05) is 18.2 Å². The van der Waals surface area contributed by atoms with Crippen molar-refractivity contribution in [3.05, 3.63) is 53.7 Å². The summed E-state index contributed by atoms with van der Waals surface area (Å²) in [6, 6.07) is 9.14. The molecule has 0 bridgehead atoms. The number of alkyl halides is 3. The highest BCUT2D eigenvalue weighted by molar-refractivity contribution is 5.94. The molecule has 1 amide bonds. The van der Waals surface area contributed by atoms with Crippen LogP contribution in [-0.4, -0.2) is 24.0 Å². The molecule has 2 fully saturated rings. The molecular formula is C20H20F3N3O. The lowest BCUT2D eigenvalue weighted by molar-refractivity contribution is -0.138. The van der Waals surface area contributed by atoms with Crippen LogP contribution >= 0.6 is 0 Å². The Morgan fingerprint density at radius 1 is 1.11 bits per heavy atom. The van der Waals surface area contributed by atoms with Gasteiger partial charge in [0.1, 0.15) is 5.82 Å². The van der Waals surface area contributed by atoms with Crippen LogP contribution in [0.3, 0.4) is 0 Å². The summed E-state index contributed by atoms with van der Waals surface area (Å²) in [5.74, 6) is -0.698. The van der Waals surface area contributed by atoms with Crippen molar-refractivity contribution in [1.29, 1.82) is 0 Å². The van der Waals surface area contributed by atoms with E-state index in [1.54, 1.807) is 18.3 Å². The Hall–Kier alpha value is -2.57. The SMILES string of the molecule is O=C(Nc1ccc(N2CCCC2)cn1)[C@H]1C[C@@H]1c1ccccc1C(F)(F)F. The highest BCUT2D eigenvalue weighted by atomic mass is 19.4. The topological polar surface area (TPSA) is 45.2 Å². The molecule has 1 aromatic heterocycles. The van der Waals surface area contributed by atoms with E-state index in [2.05, 4.69) is 15.2 Å². The van der Waals surface area contributed by atoms with Crippen molar-refractivity contribution in [3.8, 4) is 0 Å². The van der Waals surface area contributed by atoms with Gasteiger partial charge in [0, 0.05) is 19.0 Å². The summed E-state index contributed by atoms with van der Waals surface area (Å²) < 4.78 is 39.5. The second-order valence-electron chi connectivity index (χ2n) is 7.12. The third kappa shape index (κ3) is 3.77. The number of nitrogens with zero attached hydrogens (tertiary/aromatic N) is 2. The number of hydrogen-bond acceptors (Lipinski definition) is 3. The van der Waals surface area contributed by atoms with Gasteiger partial charge in [0.25, 0.3) is 0 Å². The van der Waals surface area contributed by atoms with Crippen LogP contribution in [0.15, 0.2) is 42.6 Å². The van der Waals surface area contributed by atoms with E-state index in [-0.39, 0.29) is 11.5 Å². The zero-order valence-electron chi connectivity index (χ0n) is 14.7. The predicted octanol–water partition coefficient (Wildman–Crippen LogP) is 4.44. The highest BCUT2D eigenvalue weighted by Gasteiger charge is 2.47. The molecule has 7 heteroatoms. The third-order valence-electron chi connectivity index (χ3n) is 5.26. The number of halogens is 3. The van der Waals surface area contributed by atoms with Crippen molar-refractivity contribution in [2.45, 2.75) is 31.4 Å². The smallest absolute Gasteiger partial charge is 0.370 e. The van der Waals surface area contributed by atoms with E-state index < -0.39 is 23.6 Å². The van der Waals surface area contributed by atoms with Crippen LogP contribution in [0, 0.1) is 5.92 Å². The molecule has 1 N–H and O–H groups in total. The lowest BCUT2D eigenvalue weighted by Gasteiger charge is -2.17. The number of carbonyl (C=O) groups excluding carboxylic acids is 1. The number of hydrogen-bond donors (Lipinski definition) is 1. The summed E-state index contributed by atoms with van der Waals surface area (Å²) >= 11 is 0. The molecule has 27 heavy (non-hydrogen) atoms. The summed E-state index contributed by atoms with van der Waals surface area (Å²) in [5, 5.41) is 2.73. The van der Waals surface area contributed by atoms with E-state index in [0.717, 1.165) is 24.8 Å². The normalized spacial score (nSPS) is 22.0. The Labute approximate surface area is 155 Å². The van der Waals surface area contributed by atoms with Gasteiger partial charge in [-0.25, -0.2) is 4.98 Å². The highest BCUT2D eigenvalue weighted by Crippen LogP contribution is 2.51. The lowest BCUT2D eigenvalue weighted by atomic mass is 10.0. The monoisotopic (exact) mass is 375 g/mol. The molecule has 1 saturated heterocycles. The fraction of sp³-hybridized carbons (Fsp3) is 0.400. The maximum Gasteiger partial charge on any atom is 0.416 e. The Morgan fingerprint density at radius 3 is 2.52 bits per heavy atom. The molecular weight excluding hydrogens is 355 g/mol. The zero-order valence-corrected chi connectivity index (χ0v) is 14.7. The summed E-state index contributed by atoms with van der Waals surface area (Å²) in [6.45, 7) is 2.02. The number of rotatable bonds is 4. The molecule has 4 nitrogen and oxygen atoms in total. The van der Waals surface area contributed by atoms with Gasteiger partial charge in [0.15, 0.2) is 0 Å². The molecule has 2 aromatic rings. The molecule has 0 spiro atoms. The average molecular weight is 375 g/mol. The van der Waals surface area contributed by atoms with E-state index in [9.17, 15) is 18.0 Å². The van der Waals surface area contributed by atoms with Crippen LogP contribution in [0.1, 0.15) is 36.3 Å². The molecule has 2 atom stereocenters. The molecule has 1 aliphatic heterocycles. The fourth-order valence-electron chi connectivity index (χ4n) is 3.75. The first kappa shape index (κ1) is 17.8. The van der Waals surface area contributed by atoms with Gasteiger partial charge in [0.2, 0.25) is 5.91 Å². The standard InChI is InChI=1S/C20H20F3N3O/c21-20(22,23)17-6-2-1-5-14(17)15-11-16(15)19(27)25-18-8-7-13(12-24-18)26-9-3-4-10-26/h1-2,5-8,12,15-16H,3-4,9-11H2,(H,24,25,27)/t15-,16+/m1/s1. The summed E-state index contributed by atoms with van der Waals surface area (Å²) in [4.78, 5) is 18.9. The minimum absolute atomic E-state index is 0.197. The number of benzene rings is 1. The van der Waals surface area contributed by atoms with Crippen molar-refractivity contribution in [2.24, 2.45) is 5.92 Å². The molecule has 2 aliphatic rings. The molecule has 0 radical (unpaired) electrons. The van der Waals surface area contributed by atoms with E-state index in [1.807, 2.05) is 6.07 Å². The van der Waals surface area contributed by atoms with Crippen LogP contribution in [0.2, 0.25) is 0 Å². The van der Waals surface area contributed by atoms with Gasteiger partial charge in [0.05, 0.1) is 17.4 Å². The number of anilines is 2. The van der Waals surface area contributed by atoms with Crippen LogP contribution in [0.5, 0.6) is 0 Å². The first-order chi connectivity index (χ1) is 12.9. The van der Waals surface area contributed by atoms with E-state index in [1.165, 1.54) is 25.0 Å². The maximum atomic E-state index is 13.2. The zero-order chi connectivity index (χ0) is 19.0. The van der Waals surface area contributed by atoms with Gasteiger partial charge in [-0.2, -0.15) is 13.2 Å². The van der Waals surface area contributed by atoms with E-state index in [4.69, 9.17) is 0 Å². The number of amides is 1. The Kier molecular flexibility index (Phi) is 4.53. The van der Waals surface area contributed by atoms with Gasteiger partial charge in [-0.05, 0) is 48.9 Å². The van der Waals surface area contributed by atoms with Crippen molar-refractivity contribution >= 4 is 17.4 Å². The number of pyridine rings is 1. The van der Waals surface area contributed by atoms with Gasteiger partial charge in [-0.15, -0.1) is 0 Å². The second kappa shape index (κ2) is 6.87. The summed E-state index contributed by atoms with van der Waals surface area (Å²) in [7, 11) is 0. The second-order valence-corrected chi connectivity index (χ2v) is 7.12. The van der Waals surface area contributed by atoms with Crippen LogP contribution in [0.25, 0.3) is 0 Å². The van der Waals surface area contributed by atoms with Gasteiger partial charge < -0.3 is 10.2 Å². The Balaban J connectivity index is 1.41. The molecule has 142 valence electrons. The number of nitrogens with one attached hydrogen (secondary N) is 1. The minimum Gasteiger partial charge on any atom is -0.370 e. The number of aromatic nitrogens is 1. The average Bonchev–Trinajstić information content (AvgIpc) is 3.27. The predicted molar refractivity (Wildman–Crippen MR) is 96.6 cm³/mol. The minimum atomic E-state index is -4.41. The Morgan fingerprint density at radius 2 is 1.85 bits per heavy atom. The fourth-order valence-corrected chi connectivity index (χ4v) is 3.75. The summed E-state index contributed by atoms with van der Waals surface area (Å²) in [6.07, 6.45) is 0.0735. The maximum absolute atomic E-state index is 13.2. The van der Waals surface area contributed by atoms with E-state index >= 15 is 0 Å². The molecule has 4 rings (SSSR count). The van der Waals surface area contributed by atoms with Crippen molar-refractivity contribution in [1.82, 2.24) is 4.98 Å². The van der Waals surface area contributed by atoms with Crippen molar-refractivity contribution in [2.75, 3.05) is 23.3 Å². The van der Waals surface area contributed by atoms with Gasteiger partial charge >= 0.3 is 6.18 Å². The van der Waals surface area contributed by atoms with Crippen LogP contribution < -0.4 is 10.2 Å². The van der Waals surface area contributed by atoms with Crippen LogP contribution in [-0.2, 0) is 11.0 Å². The largest absolute Gasteiger partial charge is 0.416 e. The molecule has 2 heterocycles.